The predicted octanol–water partition coefficient (Wildman–Crippen LogP) is -1.38. The number of nitrogens with zero attached hydrogens (tertiary/aromatic N) is 2. The standard InChI is InChI=1S/C17H35N7/c18-5-9-23(10-6-19)14-17(24(11-7-20)12-8-21)13-15-1-3-16(22)4-2-15/h1-4,17H,5-14,18-22H2. The molecule has 0 amide bonds. The number of anilines is 1. The zero-order valence-electron chi connectivity index (χ0n) is 14.7. The Morgan fingerprint density at radius 1 is 0.750 bits per heavy atom. The van der Waals surface area contributed by atoms with Crippen LogP contribution in [0.1, 0.15) is 5.56 Å². The van der Waals surface area contributed by atoms with Crippen LogP contribution in [0.2, 0.25) is 0 Å². The summed E-state index contributed by atoms with van der Waals surface area (Å²) in [5, 5.41) is 0. The highest BCUT2D eigenvalue weighted by Crippen LogP contribution is 2.13. The lowest BCUT2D eigenvalue weighted by molar-refractivity contribution is 0.145. The van der Waals surface area contributed by atoms with E-state index < -0.39 is 0 Å². The molecule has 0 heterocycles. The molecule has 0 saturated heterocycles. The van der Waals surface area contributed by atoms with E-state index in [1.807, 2.05) is 12.1 Å². The van der Waals surface area contributed by atoms with Crippen LogP contribution in [0.25, 0.3) is 0 Å². The summed E-state index contributed by atoms with van der Waals surface area (Å²) < 4.78 is 0. The summed E-state index contributed by atoms with van der Waals surface area (Å²) in [6, 6.07) is 8.38. The molecule has 0 aromatic heterocycles. The Kier molecular flexibility index (Phi) is 10.6. The van der Waals surface area contributed by atoms with Crippen molar-refractivity contribution in [2.45, 2.75) is 12.5 Å². The predicted molar refractivity (Wildman–Crippen MR) is 103 cm³/mol. The van der Waals surface area contributed by atoms with E-state index in [9.17, 15) is 0 Å². The Morgan fingerprint density at radius 3 is 1.71 bits per heavy atom. The van der Waals surface area contributed by atoms with Crippen molar-refractivity contribution >= 4 is 5.69 Å². The van der Waals surface area contributed by atoms with E-state index in [0.717, 1.165) is 44.8 Å². The first-order valence-corrected chi connectivity index (χ1v) is 8.75. The summed E-state index contributed by atoms with van der Waals surface area (Å²) in [5.41, 5.74) is 30.9. The smallest absolute Gasteiger partial charge is 0.0314 e. The highest BCUT2D eigenvalue weighted by Gasteiger charge is 2.21. The molecule has 0 radical (unpaired) electrons. The Hall–Kier alpha value is -1.22. The maximum absolute atomic E-state index is 5.81. The maximum Gasteiger partial charge on any atom is 0.0314 e. The Labute approximate surface area is 146 Å². The quantitative estimate of drug-likeness (QED) is 0.280. The van der Waals surface area contributed by atoms with Gasteiger partial charge in [0, 0.05) is 70.6 Å². The SMILES string of the molecule is NCCN(CCN)CC(Cc1ccc(N)cc1)N(CCN)CCN. The summed E-state index contributed by atoms with van der Waals surface area (Å²) in [4.78, 5) is 4.69. The molecule has 0 bridgehead atoms. The molecule has 10 N–H and O–H groups in total. The highest BCUT2D eigenvalue weighted by atomic mass is 15.2. The number of hydrogen-bond donors (Lipinski definition) is 5. The summed E-state index contributed by atoms with van der Waals surface area (Å²) in [6.07, 6.45) is 0.923. The average Bonchev–Trinajstić information content (AvgIpc) is 2.56. The van der Waals surface area contributed by atoms with Crippen LogP contribution in [0.15, 0.2) is 24.3 Å². The van der Waals surface area contributed by atoms with E-state index in [1.54, 1.807) is 0 Å². The van der Waals surface area contributed by atoms with Crippen molar-refractivity contribution in [3.05, 3.63) is 29.8 Å². The molecular weight excluding hydrogens is 302 g/mol. The highest BCUT2D eigenvalue weighted by molar-refractivity contribution is 5.39. The van der Waals surface area contributed by atoms with Crippen molar-refractivity contribution in [1.82, 2.24) is 9.80 Å². The summed E-state index contributed by atoms with van der Waals surface area (Å²) in [7, 11) is 0. The second kappa shape index (κ2) is 12.2. The molecule has 24 heavy (non-hydrogen) atoms. The van der Waals surface area contributed by atoms with E-state index in [4.69, 9.17) is 28.7 Å². The van der Waals surface area contributed by atoms with Gasteiger partial charge in [0.15, 0.2) is 0 Å². The van der Waals surface area contributed by atoms with E-state index >= 15 is 0 Å². The van der Waals surface area contributed by atoms with Crippen molar-refractivity contribution < 1.29 is 0 Å². The van der Waals surface area contributed by atoms with Gasteiger partial charge in [-0.3, -0.25) is 9.80 Å². The molecule has 138 valence electrons. The minimum Gasteiger partial charge on any atom is -0.399 e. The molecule has 0 aliphatic heterocycles. The van der Waals surface area contributed by atoms with E-state index in [1.165, 1.54) is 5.56 Å². The fourth-order valence-corrected chi connectivity index (χ4v) is 3.00. The molecule has 7 heteroatoms. The first-order valence-electron chi connectivity index (χ1n) is 8.75. The van der Waals surface area contributed by atoms with Gasteiger partial charge in [-0.15, -0.1) is 0 Å². The third-order valence-electron chi connectivity index (χ3n) is 4.16. The molecule has 0 spiro atoms. The van der Waals surface area contributed by atoms with Gasteiger partial charge >= 0.3 is 0 Å². The van der Waals surface area contributed by atoms with Crippen LogP contribution in [0.5, 0.6) is 0 Å². The lowest BCUT2D eigenvalue weighted by Gasteiger charge is -2.35. The molecular formula is C17H35N7. The van der Waals surface area contributed by atoms with Gasteiger partial charge in [-0.05, 0) is 24.1 Å². The van der Waals surface area contributed by atoms with Gasteiger partial charge < -0.3 is 28.7 Å². The maximum atomic E-state index is 5.81. The lowest BCUT2D eigenvalue weighted by atomic mass is 10.0. The molecule has 1 unspecified atom stereocenters. The van der Waals surface area contributed by atoms with Crippen molar-refractivity contribution in [2.75, 3.05) is 64.6 Å². The Balaban J connectivity index is 2.88. The summed E-state index contributed by atoms with van der Waals surface area (Å²) >= 11 is 0. The molecule has 1 aromatic rings. The third-order valence-corrected chi connectivity index (χ3v) is 4.16. The first kappa shape index (κ1) is 20.8. The summed E-state index contributed by atoms with van der Waals surface area (Å²) in [6.45, 7) is 6.73. The normalized spacial score (nSPS) is 12.9. The number of rotatable bonds is 13. The van der Waals surface area contributed by atoms with Gasteiger partial charge in [0.2, 0.25) is 0 Å². The minimum atomic E-state index is 0.318. The number of nitrogens with two attached hydrogens (primary N) is 5. The van der Waals surface area contributed by atoms with Crippen LogP contribution in [0, 0.1) is 0 Å². The van der Waals surface area contributed by atoms with Crippen LogP contribution >= 0.6 is 0 Å². The zero-order valence-corrected chi connectivity index (χ0v) is 14.7. The minimum absolute atomic E-state index is 0.318. The van der Waals surface area contributed by atoms with Gasteiger partial charge in [-0.25, -0.2) is 0 Å². The molecule has 0 saturated carbocycles. The van der Waals surface area contributed by atoms with Crippen LogP contribution in [0.4, 0.5) is 5.69 Å². The topological polar surface area (TPSA) is 137 Å². The van der Waals surface area contributed by atoms with Gasteiger partial charge in [0.25, 0.3) is 0 Å². The fourth-order valence-electron chi connectivity index (χ4n) is 3.00. The first-order chi connectivity index (χ1) is 11.6. The van der Waals surface area contributed by atoms with Gasteiger partial charge in [0.05, 0.1) is 0 Å². The second-order valence-electron chi connectivity index (χ2n) is 6.09. The number of nitrogen functional groups attached to an aromatic ring is 1. The molecule has 1 rings (SSSR count). The third kappa shape index (κ3) is 7.57. The fraction of sp³-hybridized carbons (Fsp3) is 0.647. The molecule has 1 aromatic carbocycles. The number of benzene rings is 1. The lowest BCUT2D eigenvalue weighted by Crippen LogP contribution is -2.50. The van der Waals surface area contributed by atoms with Gasteiger partial charge in [-0.1, -0.05) is 12.1 Å². The summed E-state index contributed by atoms with van der Waals surface area (Å²) in [5.74, 6) is 0. The van der Waals surface area contributed by atoms with Crippen LogP contribution in [-0.4, -0.2) is 74.7 Å². The van der Waals surface area contributed by atoms with E-state index in [0.29, 0.717) is 32.2 Å². The molecule has 0 aliphatic rings. The van der Waals surface area contributed by atoms with Crippen molar-refractivity contribution in [3.8, 4) is 0 Å². The number of hydrogen-bond acceptors (Lipinski definition) is 7. The van der Waals surface area contributed by atoms with Crippen LogP contribution in [-0.2, 0) is 6.42 Å². The molecule has 7 nitrogen and oxygen atoms in total. The van der Waals surface area contributed by atoms with Crippen LogP contribution < -0.4 is 28.7 Å². The molecule has 0 aliphatic carbocycles. The molecule has 0 fully saturated rings. The van der Waals surface area contributed by atoms with Gasteiger partial charge in [-0.2, -0.15) is 0 Å². The monoisotopic (exact) mass is 337 g/mol. The average molecular weight is 338 g/mol. The van der Waals surface area contributed by atoms with Crippen LogP contribution in [0.3, 0.4) is 0 Å². The van der Waals surface area contributed by atoms with Crippen molar-refractivity contribution in [2.24, 2.45) is 22.9 Å². The second-order valence-corrected chi connectivity index (χ2v) is 6.09. The molecule has 1 atom stereocenters. The van der Waals surface area contributed by atoms with Gasteiger partial charge in [0.1, 0.15) is 0 Å². The zero-order chi connectivity index (χ0) is 17.8. The van der Waals surface area contributed by atoms with E-state index in [-0.39, 0.29) is 0 Å². The van der Waals surface area contributed by atoms with Crippen molar-refractivity contribution in [1.29, 1.82) is 0 Å². The Morgan fingerprint density at radius 2 is 1.25 bits per heavy atom. The largest absolute Gasteiger partial charge is 0.399 e. The Bertz CT molecular complexity index is 411. The van der Waals surface area contributed by atoms with Crippen molar-refractivity contribution in [3.63, 3.8) is 0 Å². The van der Waals surface area contributed by atoms with E-state index in [2.05, 4.69) is 21.9 Å².